The molecule has 0 aliphatic carbocycles. The van der Waals surface area contributed by atoms with Gasteiger partial charge in [0.1, 0.15) is 11.4 Å². The third-order valence-electron chi connectivity index (χ3n) is 6.89. The number of aromatic nitrogens is 1. The number of carbonyl (C=O) groups excluding carboxylic acids is 1. The van der Waals surface area contributed by atoms with Crippen molar-refractivity contribution in [2.24, 2.45) is 0 Å². The number of piperidine rings is 1. The molecule has 9 heteroatoms. The summed E-state index contributed by atoms with van der Waals surface area (Å²) in [7, 11) is 0. The van der Waals surface area contributed by atoms with Gasteiger partial charge < -0.3 is 19.4 Å². The number of rotatable bonds is 5. The van der Waals surface area contributed by atoms with E-state index in [-0.39, 0.29) is 12.4 Å². The number of likely N-dealkylation sites (tertiary alicyclic amines) is 1. The van der Waals surface area contributed by atoms with E-state index in [1.807, 2.05) is 20.8 Å². The smallest absolute Gasteiger partial charge is 0.416 e. The molecule has 0 radical (unpaired) electrons. The monoisotopic (exact) mass is 520 g/mol. The molecule has 1 amide bonds. The molecule has 1 fully saturated rings. The minimum Gasteiger partial charge on any atom is -0.444 e. The highest BCUT2D eigenvalue weighted by molar-refractivity contribution is 5.84. The third kappa shape index (κ3) is 6.09. The lowest BCUT2D eigenvalue weighted by Crippen LogP contribution is -2.48. The van der Waals surface area contributed by atoms with Gasteiger partial charge in [-0.25, -0.2) is 9.18 Å². The van der Waals surface area contributed by atoms with Crippen molar-refractivity contribution in [2.45, 2.75) is 63.8 Å². The van der Waals surface area contributed by atoms with E-state index in [4.69, 9.17) is 9.47 Å². The van der Waals surface area contributed by atoms with Crippen molar-refractivity contribution < 1.29 is 31.8 Å². The van der Waals surface area contributed by atoms with E-state index in [2.05, 4.69) is 4.98 Å². The van der Waals surface area contributed by atoms with Gasteiger partial charge in [-0.15, -0.1) is 0 Å². The SMILES string of the molecule is CC(OCC1(c2ccc(F)cc2)CCN(C(=O)OC(C)(C)C)CC1)c1cc(C(F)(F)F)cc2cc[nH]c12. The molecule has 0 spiro atoms. The van der Waals surface area contributed by atoms with E-state index in [0.29, 0.717) is 42.4 Å². The van der Waals surface area contributed by atoms with Crippen LogP contribution in [0.3, 0.4) is 0 Å². The molecule has 3 aromatic rings. The number of H-pyrrole nitrogens is 1. The molecule has 37 heavy (non-hydrogen) atoms. The lowest BCUT2D eigenvalue weighted by atomic mass is 9.73. The van der Waals surface area contributed by atoms with Crippen molar-refractivity contribution in [3.05, 3.63) is 71.2 Å². The van der Waals surface area contributed by atoms with Gasteiger partial charge in [-0.1, -0.05) is 12.1 Å². The van der Waals surface area contributed by atoms with Crippen LogP contribution in [0.4, 0.5) is 22.4 Å². The molecule has 1 aliphatic heterocycles. The topological polar surface area (TPSA) is 54.6 Å². The molecule has 0 bridgehead atoms. The fourth-order valence-electron chi connectivity index (χ4n) is 4.82. The van der Waals surface area contributed by atoms with Gasteiger partial charge in [0.25, 0.3) is 0 Å². The molecule has 2 aromatic carbocycles. The molecular weight excluding hydrogens is 488 g/mol. The zero-order chi connectivity index (χ0) is 27.0. The van der Waals surface area contributed by atoms with E-state index in [0.717, 1.165) is 17.7 Å². The highest BCUT2D eigenvalue weighted by Gasteiger charge is 2.40. The fourth-order valence-corrected chi connectivity index (χ4v) is 4.82. The summed E-state index contributed by atoms with van der Waals surface area (Å²) in [6.07, 6.45) is -2.86. The Kier molecular flexibility index (Phi) is 7.29. The van der Waals surface area contributed by atoms with Gasteiger partial charge in [0.05, 0.1) is 23.8 Å². The first-order valence-corrected chi connectivity index (χ1v) is 12.3. The highest BCUT2D eigenvalue weighted by Crippen LogP contribution is 2.40. The van der Waals surface area contributed by atoms with Crippen LogP contribution in [-0.4, -0.2) is 41.3 Å². The second-order valence-corrected chi connectivity index (χ2v) is 10.7. The quantitative estimate of drug-likeness (QED) is 0.357. The number of ether oxygens (including phenoxy) is 2. The van der Waals surface area contributed by atoms with E-state index < -0.39 is 35.0 Å². The molecule has 4 rings (SSSR count). The van der Waals surface area contributed by atoms with Crippen molar-refractivity contribution >= 4 is 17.0 Å². The Labute approximate surface area is 213 Å². The van der Waals surface area contributed by atoms with Crippen molar-refractivity contribution in [1.82, 2.24) is 9.88 Å². The predicted octanol–water partition coefficient (Wildman–Crippen LogP) is 7.37. The number of fused-ring (bicyclic) bond motifs is 1. The van der Waals surface area contributed by atoms with Gasteiger partial charge in [-0.2, -0.15) is 13.2 Å². The van der Waals surface area contributed by atoms with Crippen LogP contribution in [0, 0.1) is 5.82 Å². The maximum Gasteiger partial charge on any atom is 0.416 e. The van der Waals surface area contributed by atoms with Crippen LogP contribution >= 0.6 is 0 Å². The van der Waals surface area contributed by atoms with Gasteiger partial charge in [0.2, 0.25) is 0 Å². The summed E-state index contributed by atoms with van der Waals surface area (Å²) in [5.74, 6) is -0.363. The van der Waals surface area contributed by atoms with E-state index in [1.165, 1.54) is 12.1 Å². The molecule has 1 aromatic heterocycles. The lowest BCUT2D eigenvalue weighted by Gasteiger charge is -2.42. The largest absolute Gasteiger partial charge is 0.444 e. The minimum absolute atomic E-state index is 0.195. The van der Waals surface area contributed by atoms with Crippen molar-refractivity contribution in [1.29, 1.82) is 0 Å². The lowest BCUT2D eigenvalue weighted by molar-refractivity contribution is -0.137. The summed E-state index contributed by atoms with van der Waals surface area (Å²) < 4.78 is 66.1. The number of benzene rings is 2. The molecule has 1 saturated heterocycles. The Bertz CT molecular complexity index is 1240. The standard InChI is InChI=1S/C28H32F4N2O3/c1-18(23-16-21(28(30,31)32)15-19-9-12-33-24(19)23)36-17-27(20-5-7-22(29)8-6-20)10-13-34(14-11-27)25(35)37-26(2,3)4/h5-9,12,15-16,18,33H,10-11,13-14,17H2,1-4H3. The van der Waals surface area contributed by atoms with Gasteiger partial charge in [0, 0.05) is 35.7 Å². The molecule has 1 aliphatic rings. The zero-order valence-corrected chi connectivity index (χ0v) is 21.4. The number of aromatic amines is 1. The summed E-state index contributed by atoms with van der Waals surface area (Å²) in [4.78, 5) is 17.3. The number of carbonyl (C=O) groups is 1. The molecule has 1 atom stereocenters. The average molecular weight is 521 g/mol. The second kappa shape index (κ2) is 10.0. The first-order valence-electron chi connectivity index (χ1n) is 12.3. The Morgan fingerprint density at radius 3 is 2.32 bits per heavy atom. The van der Waals surface area contributed by atoms with Crippen LogP contribution < -0.4 is 0 Å². The minimum atomic E-state index is -4.48. The maximum atomic E-state index is 13.7. The summed E-state index contributed by atoms with van der Waals surface area (Å²) >= 11 is 0. The third-order valence-corrected chi connectivity index (χ3v) is 6.89. The molecule has 0 saturated carbocycles. The summed E-state index contributed by atoms with van der Waals surface area (Å²) in [5, 5.41) is 0.458. The van der Waals surface area contributed by atoms with E-state index >= 15 is 0 Å². The number of alkyl halides is 3. The normalized spacial score (nSPS) is 17.1. The van der Waals surface area contributed by atoms with Crippen LogP contribution in [0.25, 0.3) is 10.9 Å². The summed E-state index contributed by atoms with van der Waals surface area (Å²) in [5.41, 5.74) is -0.0269. The summed E-state index contributed by atoms with van der Waals surface area (Å²) in [6.45, 7) is 8.17. The number of nitrogens with zero attached hydrogens (tertiary/aromatic N) is 1. The maximum absolute atomic E-state index is 13.7. The zero-order valence-electron chi connectivity index (χ0n) is 21.4. The van der Waals surface area contributed by atoms with Crippen LogP contribution in [0.1, 0.15) is 63.3 Å². The number of hydrogen-bond donors (Lipinski definition) is 1. The summed E-state index contributed by atoms with van der Waals surface area (Å²) in [6, 6.07) is 10.0. The molecule has 2 heterocycles. The first kappa shape index (κ1) is 27.0. The number of nitrogens with one attached hydrogen (secondary N) is 1. The first-order chi connectivity index (χ1) is 17.3. The van der Waals surface area contributed by atoms with Crippen molar-refractivity contribution in [2.75, 3.05) is 19.7 Å². The van der Waals surface area contributed by atoms with Gasteiger partial charge >= 0.3 is 12.3 Å². The van der Waals surface area contributed by atoms with E-state index in [1.54, 1.807) is 36.2 Å². The number of amides is 1. The van der Waals surface area contributed by atoms with Crippen molar-refractivity contribution in [3.63, 3.8) is 0 Å². The van der Waals surface area contributed by atoms with Gasteiger partial charge in [0.15, 0.2) is 0 Å². The van der Waals surface area contributed by atoms with E-state index in [9.17, 15) is 22.4 Å². The van der Waals surface area contributed by atoms with Crippen molar-refractivity contribution in [3.8, 4) is 0 Å². The molecule has 1 unspecified atom stereocenters. The predicted molar refractivity (Wildman–Crippen MR) is 133 cm³/mol. The van der Waals surface area contributed by atoms with Crippen LogP contribution in [0.5, 0.6) is 0 Å². The number of hydrogen-bond acceptors (Lipinski definition) is 3. The molecule has 5 nitrogen and oxygen atoms in total. The average Bonchev–Trinajstić information content (AvgIpc) is 3.30. The van der Waals surface area contributed by atoms with Crippen LogP contribution in [0.2, 0.25) is 0 Å². The Hall–Kier alpha value is -3.07. The highest BCUT2D eigenvalue weighted by atomic mass is 19.4. The number of halogens is 4. The fraction of sp³-hybridized carbons (Fsp3) is 0.464. The molecule has 1 N–H and O–H groups in total. The Balaban J connectivity index is 1.57. The van der Waals surface area contributed by atoms with Gasteiger partial charge in [-0.05, 0) is 76.4 Å². The van der Waals surface area contributed by atoms with Gasteiger partial charge in [-0.3, -0.25) is 0 Å². The van der Waals surface area contributed by atoms with Crippen LogP contribution in [-0.2, 0) is 21.1 Å². The molecule has 200 valence electrons. The van der Waals surface area contributed by atoms with Crippen LogP contribution in [0.15, 0.2) is 48.7 Å². The second-order valence-electron chi connectivity index (χ2n) is 10.7. The molecular formula is C28H32F4N2O3. The Morgan fingerprint density at radius 1 is 1.08 bits per heavy atom. The Morgan fingerprint density at radius 2 is 1.73 bits per heavy atom.